The average molecular weight is 536 g/mol. The lowest BCUT2D eigenvalue weighted by molar-refractivity contribution is -0.123. The van der Waals surface area contributed by atoms with Crippen LogP contribution < -0.4 is 14.9 Å². The summed E-state index contributed by atoms with van der Waals surface area (Å²) in [5.74, 6) is -0.214. The van der Waals surface area contributed by atoms with Crippen molar-refractivity contribution in [1.29, 1.82) is 0 Å². The maximum atomic E-state index is 12.2. The number of esters is 1. The Kier molecular flexibility index (Phi) is 7.42. The minimum Gasteiger partial charge on any atom is -0.484 e. The zero-order chi connectivity index (χ0) is 21.5. The Bertz CT molecular complexity index is 1060. The number of hydrazone groups is 1. The Morgan fingerprint density at radius 2 is 1.93 bits per heavy atom. The molecule has 0 fully saturated rings. The summed E-state index contributed by atoms with van der Waals surface area (Å²) >= 11 is 6.73. The molecule has 0 radical (unpaired) electrons. The molecular weight excluding hydrogens is 520 g/mol. The number of aryl methyl sites for hydroxylation is 1. The molecule has 3 aromatic rings. The van der Waals surface area contributed by atoms with Gasteiger partial charge >= 0.3 is 5.97 Å². The third kappa shape index (κ3) is 6.04. The van der Waals surface area contributed by atoms with Crippen molar-refractivity contribution in [1.82, 2.24) is 5.43 Å². The number of nitrogens with one attached hydrogen (secondary N) is 1. The molecule has 1 heterocycles. The van der Waals surface area contributed by atoms with Crippen LogP contribution in [0.1, 0.15) is 21.7 Å². The number of ether oxygens (including phenoxy) is 2. The number of benzene rings is 2. The summed E-state index contributed by atoms with van der Waals surface area (Å²) in [6.45, 7) is 1.77. The summed E-state index contributed by atoms with van der Waals surface area (Å²) in [6, 6.07) is 13.8. The van der Waals surface area contributed by atoms with Crippen LogP contribution in [-0.2, 0) is 4.79 Å². The van der Waals surface area contributed by atoms with Crippen molar-refractivity contribution in [2.45, 2.75) is 6.92 Å². The second kappa shape index (κ2) is 10.2. The zero-order valence-corrected chi connectivity index (χ0v) is 18.9. The van der Waals surface area contributed by atoms with E-state index >= 15 is 0 Å². The minimum atomic E-state index is -0.659. The van der Waals surface area contributed by atoms with Crippen molar-refractivity contribution < 1.29 is 23.5 Å². The van der Waals surface area contributed by atoms with Crippen molar-refractivity contribution in [3.05, 3.63) is 80.6 Å². The van der Waals surface area contributed by atoms with Crippen LogP contribution in [0.5, 0.6) is 11.5 Å². The lowest BCUT2D eigenvalue weighted by atomic mass is 10.2. The topological polar surface area (TPSA) is 90.1 Å². The van der Waals surface area contributed by atoms with Gasteiger partial charge < -0.3 is 13.9 Å². The largest absolute Gasteiger partial charge is 0.484 e. The second-order valence-corrected chi connectivity index (χ2v) is 7.84. The smallest absolute Gasteiger partial charge is 0.379 e. The molecule has 3 rings (SSSR count). The Morgan fingerprint density at radius 1 is 1.17 bits per heavy atom. The third-order valence-electron chi connectivity index (χ3n) is 3.74. The van der Waals surface area contributed by atoms with Crippen molar-refractivity contribution in [2.75, 3.05) is 6.61 Å². The molecule has 0 aliphatic heterocycles. The predicted octanol–water partition coefficient (Wildman–Crippen LogP) is 4.86. The van der Waals surface area contributed by atoms with Gasteiger partial charge in [0, 0.05) is 10.0 Å². The van der Waals surface area contributed by atoms with Gasteiger partial charge in [-0.2, -0.15) is 5.10 Å². The van der Waals surface area contributed by atoms with E-state index < -0.39 is 11.9 Å². The molecule has 0 saturated heterocycles. The normalized spacial score (nSPS) is 10.8. The van der Waals surface area contributed by atoms with Gasteiger partial charge in [-0.05, 0) is 59.3 Å². The quantitative estimate of drug-likeness (QED) is 0.202. The molecule has 2 aromatic carbocycles. The van der Waals surface area contributed by atoms with Crippen LogP contribution in [0.25, 0.3) is 0 Å². The van der Waals surface area contributed by atoms with E-state index in [0.717, 1.165) is 10.0 Å². The molecule has 0 aliphatic rings. The molecule has 0 unspecified atom stereocenters. The highest BCUT2D eigenvalue weighted by atomic mass is 79.9. The van der Waals surface area contributed by atoms with E-state index in [1.807, 2.05) is 19.1 Å². The van der Waals surface area contributed by atoms with E-state index in [-0.39, 0.29) is 18.1 Å². The first-order chi connectivity index (χ1) is 14.4. The highest BCUT2D eigenvalue weighted by molar-refractivity contribution is 9.11. The van der Waals surface area contributed by atoms with Crippen LogP contribution in [0.4, 0.5) is 0 Å². The number of amides is 1. The van der Waals surface area contributed by atoms with Crippen LogP contribution >= 0.6 is 31.9 Å². The molecule has 154 valence electrons. The molecule has 0 saturated carbocycles. The summed E-state index contributed by atoms with van der Waals surface area (Å²) < 4.78 is 17.1. The Labute approximate surface area is 189 Å². The van der Waals surface area contributed by atoms with Crippen molar-refractivity contribution in [3.8, 4) is 11.5 Å². The van der Waals surface area contributed by atoms with Gasteiger partial charge in [0.25, 0.3) is 5.91 Å². The fraction of sp³-hybridized carbons (Fsp3) is 0.0952. The van der Waals surface area contributed by atoms with Crippen LogP contribution in [0.2, 0.25) is 0 Å². The lowest BCUT2D eigenvalue weighted by Crippen LogP contribution is -2.24. The second-order valence-electron chi connectivity index (χ2n) is 6.07. The van der Waals surface area contributed by atoms with Crippen LogP contribution in [0.15, 0.2) is 73.3 Å². The summed E-state index contributed by atoms with van der Waals surface area (Å²) in [5, 5.41) is 3.92. The molecule has 1 amide bonds. The molecule has 30 heavy (non-hydrogen) atoms. The predicted molar refractivity (Wildman–Crippen MR) is 118 cm³/mol. The average Bonchev–Trinajstić information content (AvgIpc) is 3.25. The first kappa shape index (κ1) is 21.8. The van der Waals surface area contributed by atoms with Gasteiger partial charge in [-0.3, -0.25) is 4.79 Å². The Balaban J connectivity index is 1.64. The highest BCUT2D eigenvalue weighted by Crippen LogP contribution is 2.32. The van der Waals surface area contributed by atoms with Crippen LogP contribution in [0, 0.1) is 6.92 Å². The maximum absolute atomic E-state index is 12.2. The van der Waals surface area contributed by atoms with E-state index in [1.165, 1.54) is 18.5 Å². The molecule has 1 N–H and O–H groups in total. The van der Waals surface area contributed by atoms with Gasteiger partial charge in [0.2, 0.25) is 5.76 Å². The first-order valence-electron chi connectivity index (χ1n) is 8.68. The maximum Gasteiger partial charge on any atom is 0.379 e. The van der Waals surface area contributed by atoms with Gasteiger partial charge in [-0.15, -0.1) is 0 Å². The minimum absolute atomic E-state index is 0.0641. The van der Waals surface area contributed by atoms with E-state index in [0.29, 0.717) is 15.8 Å². The van der Waals surface area contributed by atoms with E-state index in [1.54, 1.807) is 30.3 Å². The summed E-state index contributed by atoms with van der Waals surface area (Å²) in [7, 11) is 0. The molecule has 0 atom stereocenters. The SMILES string of the molecule is Cc1ccc(OCC(=O)N/N=C/c2cc(Br)cc(Br)c2OC(=O)c2ccco2)cc1. The van der Waals surface area contributed by atoms with Crippen molar-refractivity contribution in [2.24, 2.45) is 5.10 Å². The standard InChI is InChI=1S/C21H16Br2N2O5/c1-13-4-6-16(7-5-13)29-12-19(26)25-24-11-14-9-15(22)10-17(23)20(14)30-21(27)18-3-2-8-28-18/h2-11H,12H2,1H3,(H,25,26)/b24-11+. The van der Waals surface area contributed by atoms with Crippen LogP contribution in [-0.4, -0.2) is 24.7 Å². The lowest BCUT2D eigenvalue weighted by Gasteiger charge is -2.09. The zero-order valence-electron chi connectivity index (χ0n) is 15.7. The number of carbonyl (C=O) groups is 2. The molecule has 0 aliphatic carbocycles. The van der Waals surface area contributed by atoms with Crippen LogP contribution in [0.3, 0.4) is 0 Å². The van der Waals surface area contributed by atoms with Gasteiger partial charge in [0.1, 0.15) is 5.75 Å². The fourth-order valence-electron chi connectivity index (χ4n) is 2.31. The molecule has 9 heteroatoms. The number of hydrogen-bond acceptors (Lipinski definition) is 6. The molecule has 7 nitrogen and oxygen atoms in total. The Hall–Kier alpha value is -2.91. The fourth-order valence-corrected chi connectivity index (χ4v) is 3.65. The molecule has 0 spiro atoms. The third-order valence-corrected chi connectivity index (χ3v) is 4.78. The van der Waals surface area contributed by atoms with Gasteiger partial charge in [0.15, 0.2) is 12.4 Å². The van der Waals surface area contributed by atoms with Gasteiger partial charge in [-0.1, -0.05) is 33.6 Å². The van der Waals surface area contributed by atoms with E-state index in [2.05, 4.69) is 42.4 Å². The summed E-state index contributed by atoms with van der Waals surface area (Å²) in [6.07, 6.45) is 2.74. The monoisotopic (exact) mass is 534 g/mol. The number of rotatable bonds is 7. The number of nitrogens with zero attached hydrogens (tertiary/aromatic N) is 1. The Morgan fingerprint density at radius 3 is 2.63 bits per heavy atom. The summed E-state index contributed by atoms with van der Waals surface area (Å²) in [4.78, 5) is 24.2. The first-order valence-corrected chi connectivity index (χ1v) is 10.3. The molecular formula is C21H16Br2N2O5. The molecule has 0 bridgehead atoms. The van der Waals surface area contributed by atoms with E-state index in [9.17, 15) is 9.59 Å². The number of furan rings is 1. The highest BCUT2D eigenvalue weighted by Gasteiger charge is 2.17. The number of halogens is 2. The van der Waals surface area contributed by atoms with E-state index in [4.69, 9.17) is 13.9 Å². The van der Waals surface area contributed by atoms with Gasteiger partial charge in [0.05, 0.1) is 17.0 Å². The number of hydrogen-bond donors (Lipinski definition) is 1. The molecule has 1 aromatic heterocycles. The van der Waals surface area contributed by atoms with Crippen molar-refractivity contribution in [3.63, 3.8) is 0 Å². The van der Waals surface area contributed by atoms with Crippen molar-refractivity contribution >= 4 is 50.0 Å². The van der Waals surface area contributed by atoms with Gasteiger partial charge in [-0.25, -0.2) is 10.2 Å². The number of carbonyl (C=O) groups excluding carboxylic acids is 2. The summed E-state index contributed by atoms with van der Waals surface area (Å²) in [5.41, 5.74) is 3.93.